The second-order valence-corrected chi connectivity index (χ2v) is 25.6. The number of hydrogen-bond donors (Lipinski definition) is 3. The highest BCUT2D eigenvalue weighted by molar-refractivity contribution is 5.76. The van der Waals surface area contributed by atoms with Crippen LogP contribution in [0.5, 0.6) is 0 Å². The van der Waals surface area contributed by atoms with Gasteiger partial charge in [-0.15, -0.1) is 0 Å². The van der Waals surface area contributed by atoms with E-state index in [-0.39, 0.29) is 18.5 Å². The van der Waals surface area contributed by atoms with E-state index in [0.29, 0.717) is 25.9 Å². The molecule has 3 N–H and O–H groups in total. The van der Waals surface area contributed by atoms with Crippen LogP contribution in [-0.2, 0) is 14.3 Å². The number of unbranched alkanes of at least 4 members (excludes halogenated alkanes) is 51. The van der Waals surface area contributed by atoms with Crippen LogP contribution < -0.4 is 5.32 Å². The van der Waals surface area contributed by atoms with Crippen LogP contribution in [0.25, 0.3) is 0 Å². The van der Waals surface area contributed by atoms with Crippen molar-refractivity contribution in [3.8, 4) is 0 Å². The summed E-state index contributed by atoms with van der Waals surface area (Å²) in [6.45, 7) is 4.95. The number of esters is 1. The molecule has 0 radical (unpaired) electrons. The smallest absolute Gasteiger partial charge is 0.305 e. The second-order valence-electron chi connectivity index (χ2n) is 25.6. The topological polar surface area (TPSA) is 95.9 Å². The molecule has 0 aromatic rings. The molecule has 6 heteroatoms. The largest absolute Gasteiger partial charge is 0.466 e. The molecule has 83 heavy (non-hydrogen) atoms. The summed E-state index contributed by atoms with van der Waals surface area (Å²) in [5.74, 6) is -0.0311. The van der Waals surface area contributed by atoms with E-state index in [9.17, 15) is 19.8 Å². The molecule has 0 fully saturated rings. The Hall–Kier alpha value is -2.18. The fourth-order valence-electron chi connectivity index (χ4n) is 11.6. The van der Waals surface area contributed by atoms with Crippen LogP contribution in [0.1, 0.15) is 406 Å². The number of carbonyl (C=O) groups is 2. The normalized spacial score (nSPS) is 12.8. The molecule has 0 aliphatic rings. The predicted octanol–water partition coefficient (Wildman–Crippen LogP) is 24.4. The van der Waals surface area contributed by atoms with Gasteiger partial charge in [-0.25, -0.2) is 0 Å². The van der Waals surface area contributed by atoms with Gasteiger partial charge in [0.15, 0.2) is 0 Å². The van der Waals surface area contributed by atoms with Gasteiger partial charge < -0.3 is 20.3 Å². The standard InChI is InChI=1S/C77H145NO5/c1-3-5-7-9-11-13-15-17-19-20-21-35-38-42-45-49-53-57-61-65-69-75(80)74(73-79)78-76(81)70-66-62-58-54-50-46-43-39-36-33-31-29-27-25-23-22-24-26-28-30-32-34-37-40-44-48-52-56-60-64-68-72-83-77(82)71-67-63-59-55-51-47-41-18-16-14-12-10-8-6-4-2/h12,14,18,24,26,30,32,41,74-75,79-80H,3-11,13,15-17,19-23,25,27-29,31,33-40,42-73H2,1-2H3,(H,78,81)/b14-12-,26-24-,32-30-,41-18-. The van der Waals surface area contributed by atoms with E-state index in [1.807, 2.05) is 0 Å². The van der Waals surface area contributed by atoms with E-state index in [0.717, 1.165) is 57.8 Å². The molecule has 0 saturated heterocycles. The molecule has 0 aromatic heterocycles. The number of rotatable bonds is 70. The van der Waals surface area contributed by atoms with E-state index in [1.165, 1.54) is 315 Å². The van der Waals surface area contributed by atoms with Gasteiger partial charge in [-0.3, -0.25) is 9.59 Å². The predicted molar refractivity (Wildman–Crippen MR) is 366 cm³/mol. The number of allylic oxidation sites excluding steroid dienone is 8. The summed E-state index contributed by atoms with van der Waals surface area (Å²) in [7, 11) is 0. The van der Waals surface area contributed by atoms with Gasteiger partial charge in [-0.05, 0) is 89.9 Å². The molecule has 0 heterocycles. The first-order chi connectivity index (χ1) is 41.0. The zero-order valence-electron chi connectivity index (χ0n) is 55.9. The zero-order chi connectivity index (χ0) is 59.9. The van der Waals surface area contributed by atoms with E-state index in [2.05, 4.69) is 67.8 Å². The van der Waals surface area contributed by atoms with Crippen LogP contribution >= 0.6 is 0 Å². The molecule has 0 bridgehead atoms. The van der Waals surface area contributed by atoms with Crippen molar-refractivity contribution in [2.75, 3.05) is 13.2 Å². The lowest BCUT2D eigenvalue weighted by Crippen LogP contribution is -2.45. The number of aliphatic hydroxyl groups excluding tert-OH is 2. The Bertz CT molecular complexity index is 1390. The fraction of sp³-hybridized carbons (Fsp3) is 0.870. The van der Waals surface area contributed by atoms with Crippen LogP contribution in [0.15, 0.2) is 48.6 Å². The third-order valence-electron chi connectivity index (χ3n) is 17.4. The van der Waals surface area contributed by atoms with Gasteiger partial charge in [-0.2, -0.15) is 0 Å². The lowest BCUT2D eigenvalue weighted by atomic mass is 10.0. The first kappa shape index (κ1) is 80.8. The van der Waals surface area contributed by atoms with Gasteiger partial charge in [0.25, 0.3) is 0 Å². The van der Waals surface area contributed by atoms with Crippen molar-refractivity contribution in [3.05, 3.63) is 48.6 Å². The minimum atomic E-state index is -0.665. The lowest BCUT2D eigenvalue weighted by molar-refractivity contribution is -0.143. The van der Waals surface area contributed by atoms with Crippen molar-refractivity contribution in [2.45, 2.75) is 418 Å². The monoisotopic (exact) mass is 1160 g/mol. The number of aliphatic hydroxyl groups is 2. The van der Waals surface area contributed by atoms with Gasteiger partial charge in [0, 0.05) is 12.8 Å². The summed E-state index contributed by atoms with van der Waals surface area (Å²) in [4.78, 5) is 24.6. The molecule has 0 saturated carbocycles. The number of carbonyl (C=O) groups excluding carboxylic acids is 2. The zero-order valence-corrected chi connectivity index (χ0v) is 55.9. The minimum Gasteiger partial charge on any atom is -0.466 e. The summed E-state index contributed by atoms with van der Waals surface area (Å²) in [5, 5.41) is 23.4. The molecule has 0 aliphatic carbocycles. The van der Waals surface area contributed by atoms with Gasteiger partial charge in [-0.1, -0.05) is 351 Å². The van der Waals surface area contributed by atoms with Crippen LogP contribution in [0.3, 0.4) is 0 Å². The van der Waals surface area contributed by atoms with Crippen molar-refractivity contribution in [1.82, 2.24) is 5.32 Å². The Balaban J connectivity index is 3.40. The quantitative estimate of drug-likeness (QED) is 0.0320. The highest BCUT2D eigenvalue weighted by Crippen LogP contribution is 2.19. The SMILES string of the molecule is CCCCC/C=C\C/C=C\CCCCCCCC(=O)OCCCCCCCCCCC/C=C\C/C=C\CCCCCCCCCCCCCCCCCC(=O)NC(CO)C(O)CCCCCCCCCCCCCCCCCCCCCC. The molecule has 0 aliphatic heterocycles. The van der Waals surface area contributed by atoms with Crippen LogP contribution in [0.4, 0.5) is 0 Å². The molecule has 2 atom stereocenters. The summed E-state index contributed by atoms with van der Waals surface area (Å²) < 4.78 is 5.48. The van der Waals surface area contributed by atoms with Crippen LogP contribution in [-0.4, -0.2) is 47.4 Å². The van der Waals surface area contributed by atoms with Crippen molar-refractivity contribution >= 4 is 11.9 Å². The summed E-state index contributed by atoms with van der Waals surface area (Å²) in [6.07, 6.45) is 94.6. The summed E-state index contributed by atoms with van der Waals surface area (Å²) in [6, 6.07) is -0.543. The van der Waals surface area contributed by atoms with E-state index >= 15 is 0 Å². The van der Waals surface area contributed by atoms with Gasteiger partial charge in [0.2, 0.25) is 5.91 Å². The van der Waals surface area contributed by atoms with E-state index in [4.69, 9.17) is 4.74 Å². The third-order valence-corrected chi connectivity index (χ3v) is 17.4. The van der Waals surface area contributed by atoms with Crippen molar-refractivity contribution in [1.29, 1.82) is 0 Å². The Kier molecular flexibility index (Phi) is 70.4. The maximum absolute atomic E-state index is 12.6. The molecule has 0 aromatic carbocycles. The number of amides is 1. The minimum absolute atomic E-state index is 0.000570. The number of hydrogen-bond acceptors (Lipinski definition) is 5. The molecule has 6 nitrogen and oxygen atoms in total. The van der Waals surface area contributed by atoms with Gasteiger partial charge >= 0.3 is 5.97 Å². The van der Waals surface area contributed by atoms with Crippen molar-refractivity contribution in [2.24, 2.45) is 0 Å². The summed E-state index contributed by atoms with van der Waals surface area (Å²) >= 11 is 0. The Morgan fingerprint density at radius 2 is 0.602 bits per heavy atom. The lowest BCUT2D eigenvalue weighted by Gasteiger charge is -2.22. The van der Waals surface area contributed by atoms with Gasteiger partial charge in [0.05, 0.1) is 25.4 Å². The Morgan fingerprint density at radius 1 is 0.337 bits per heavy atom. The van der Waals surface area contributed by atoms with E-state index < -0.39 is 12.1 Å². The Morgan fingerprint density at radius 3 is 0.940 bits per heavy atom. The highest BCUT2D eigenvalue weighted by Gasteiger charge is 2.20. The van der Waals surface area contributed by atoms with Crippen molar-refractivity contribution < 1.29 is 24.5 Å². The molecule has 1 amide bonds. The average molecular weight is 1170 g/mol. The Labute approximate surface area is 518 Å². The van der Waals surface area contributed by atoms with Crippen LogP contribution in [0, 0.1) is 0 Å². The molecular weight excluding hydrogens is 1020 g/mol. The third kappa shape index (κ3) is 68.8. The molecule has 2 unspecified atom stereocenters. The molecule has 488 valence electrons. The number of nitrogens with one attached hydrogen (secondary N) is 1. The maximum Gasteiger partial charge on any atom is 0.305 e. The van der Waals surface area contributed by atoms with Gasteiger partial charge in [0.1, 0.15) is 0 Å². The number of ether oxygens (including phenoxy) is 1. The maximum atomic E-state index is 12.6. The molecule has 0 spiro atoms. The first-order valence-corrected chi connectivity index (χ1v) is 37.4. The fourth-order valence-corrected chi connectivity index (χ4v) is 11.6. The van der Waals surface area contributed by atoms with Crippen LogP contribution in [0.2, 0.25) is 0 Å². The molecule has 0 rings (SSSR count). The van der Waals surface area contributed by atoms with Crippen molar-refractivity contribution in [3.63, 3.8) is 0 Å². The summed E-state index contributed by atoms with van der Waals surface area (Å²) in [5.41, 5.74) is 0. The van der Waals surface area contributed by atoms with E-state index in [1.54, 1.807) is 0 Å². The molecular formula is C77H145NO5. The first-order valence-electron chi connectivity index (χ1n) is 37.4. The highest BCUT2D eigenvalue weighted by atomic mass is 16.5. The average Bonchev–Trinajstić information content (AvgIpc) is 3.49. The second kappa shape index (κ2) is 72.3.